The van der Waals surface area contributed by atoms with Gasteiger partial charge in [0.1, 0.15) is 24.4 Å². The maximum absolute atomic E-state index is 11.4. The van der Waals surface area contributed by atoms with E-state index < -0.39 is 74.1 Å². The van der Waals surface area contributed by atoms with Crippen molar-refractivity contribution in [1.82, 2.24) is 0 Å². The van der Waals surface area contributed by atoms with Crippen molar-refractivity contribution < 1.29 is 54.8 Å². The van der Waals surface area contributed by atoms with Crippen molar-refractivity contribution in [2.75, 3.05) is 13.2 Å². The van der Waals surface area contributed by atoms with Crippen LogP contribution in [-0.4, -0.2) is 98.0 Å². The van der Waals surface area contributed by atoms with Gasteiger partial charge in [0, 0.05) is 5.92 Å². The first kappa shape index (κ1) is 20.2. The van der Waals surface area contributed by atoms with Gasteiger partial charge in [-0.1, -0.05) is 6.08 Å². The van der Waals surface area contributed by atoms with E-state index in [4.69, 9.17) is 14.2 Å². The van der Waals surface area contributed by atoms with Gasteiger partial charge in [0.15, 0.2) is 6.29 Å². The first-order valence-electron chi connectivity index (χ1n) is 8.34. The third-order valence-electron chi connectivity index (χ3n) is 5.10. The minimum Gasteiger partial charge on any atom is -0.478 e. The number of aliphatic hydroxyl groups excluding tert-OH is 6. The molecule has 0 aromatic heterocycles. The molecule has 11 nitrogen and oxygen atoms in total. The van der Waals surface area contributed by atoms with Gasteiger partial charge in [-0.15, -0.1) is 0 Å². The quantitative estimate of drug-likeness (QED) is 0.233. The predicted molar refractivity (Wildman–Crippen MR) is 83.6 cm³/mol. The van der Waals surface area contributed by atoms with Gasteiger partial charge in [-0.3, -0.25) is 0 Å². The Kier molecular flexibility index (Phi) is 5.84. The molecule has 0 bridgehead atoms. The van der Waals surface area contributed by atoms with Gasteiger partial charge >= 0.3 is 5.97 Å². The minimum atomic E-state index is -1.68. The van der Waals surface area contributed by atoms with Crippen LogP contribution in [0.1, 0.15) is 0 Å². The van der Waals surface area contributed by atoms with Crippen LogP contribution in [0.4, 0.5) is 0 Å². The summed E-state index contributed by atoms with van der Waals surface area (Å²) >= 11 is 0. The molecule has 0 radical (unpaired) electrons. The van der Waals surface area contributed by atoms with Gasteiger partial charge in [0.25, 0.3) is 0 Å². The summed E-state index contributed by atoms with van der Waals surface area (Å²) < 4.78 is 16.1. The molecule has 9 atom stereocenters. The van der Waals surface area contributed by atoms with Gasteiger partial charge in [-0.05, 0) is 5.57 Å². The number of aliphatic carboxylic acids is 1. The Morgan fingerprint density at radius 1 is 1.04 bits per heavy atom. The van der Waals surface area contributed by atoms with Gasteiger partial charge < -0.3 is 50.0 Å². The van der Waals surface area contributed by atoms with Crippen LogP contribution in [0.15, 0.2) is 23.5 Å². The molecule has 2 heterocycles. The molecule has 0 spiro atoms. The molecule has 0 aromatic rings. The molecule has 3 unspecified atom stereocenters. The van der Waals surface area contributed by atoms with Gasteiger partial charge in [-0.2, -0.15) is 0 Å². The Morgan fingerprint density at radius 2 is 1.74 bits per heavy atom. The number of rotatable bonds is 5. The summed E-state index contributed by atoms with van der Waals surface area (Å²) in [5, 5.41) is 68.0. The zero-order valence-corrected chi connectivity index (χ0v) is 14.0. The largest absolute Gasteiger partial charge is 0.478 e. The average molecular weight is 390 g/mol. The minimum absolute atomic E-state index is 0.208. The third kappa shape index (κ3) is 3.48. The second-order valence-electron chi connectivity index (χ2n) is 6.66. The Balaban J connectivity index is 1.84. The van der Waals surface area contributed by atoms with Gasteiger partial charge in [0.05, 0.1) is 37.1 Å². The molecule has 0 aromatic carbocycles. The first-order valence-corrected chi connectivity index (χ1v) is 8.34. The van der Waals surface area contributed by atoms with Crippen LogP contribution < -0.4 is 0 Å². The van der Waals surface area contributed by atoms with Crippen molar-refractivity contribution >= 4 is 5.97 Å². The number of fused-ring (bicyclic) bond motifs is 1. The second kappa shape index (κ2) is 7.81. The molecular formula is C16H22O11. The van der Waals surface area contributed by atoms with Crippen molar-refractivity contribution in [3.63, 3.8) is 0 Å². The fraction of sp³-hybridized carbons (Fsp3) is 0.688. The molecule has 0 amide bonds. The zero-order chi connectivity index (χ0) is 19.9. The highest BCUT2D eigenvalue weighted by Gasteiger charge is 2.51. The number of aliphatic hydroxyl groups is 6. The topological polar surface area (TPSA) is 186 Å². The monoisotopic (exact) mass is 390 g/mol. The van der Waals surface area contributed by atoms with Crippen LogP contribution in [0.3, 0.4) is 0 Å². The van der Waals surface area contributed by atoms with Crippen molar-refractivity contribution in [2.24, 2.45) is 11.8 Å². The van der Waals surface area contributed by atoms with Crippen molar-refractivity contribution in [1.29, 1.82) is 0 Å². The molecule has 11 heteroatoms. The normalized spacial score (nSPS) is 44.1. The summed E-state index contributed by atoms with van der Waals surface area (Å²) in [4.78, 5) is 11.4. The Bertz CT molecular complexity index is 630. The maximum atomic E-state index is 11.4. The van der Waals surface area contributed by atoms with Crippen molar-refractivity contribution in [2.45, 2.75) is 43.1 Å². The molecule has 2 aliphatic heterocycles. The van der Waals surface area contributed by atoms with E-state index in [1.54, 1.807) is 0 Å². The van der Waals surface area contributed by atoms with E-state index in [1.165, 1.54) is 6.08 Å². The highest BCUT2D eigenvalue weighted by atomic mass is 16.8. The molecule has 1 aliphatic carbocycles. The van der Waals surface area contributed by atoms with Crippen molar-refractivity contribution in [3.8, 4) is 0 Å². The van der Waals surface area contributed by atoms with Crippen LogP contribution in [0.25, 0.3) is 0 Å². The Morgan fingerprint density at radius 3 is 2.33 bits per heavy atom. The van der Waals surface area contributed by atoms with E-state index in [-0.39, 0.29) is 11.1 Å². The molecule has 27 heavy (non-hydrogen) atoms. The molecule has 7 N–H and O–H groups in total. The third-order valence-corrected chi connectivity index (χ3v) is 5.10. The first-order chi connectivity index (χ1) is 12.8. The lowest BCUT2D eigenvalue weighted by Gasteiger charge is -2.43. The van der Waals surface area contributed by atoms with E-state index in [1.807, 2.05) is 0 Å². The summed E-state index contributed by atoms with van der Waals surface area (Å²) in [5.74, 6) is -3.13. The number of carboxylic acid groups (broad SMARTS) is 1. The Hall–Kier alpha value is -1.57. The summed E-state index contributed by atoms with van der Waals surface area (Å²) in [6, 6.07) is 0. The average Bonchev–Trinajstić information content (AvgIpc) is 2.99. The summed E-state index contributed by atoms with van der Waals surface area (Å²) in [6.45, 7) is -1.13. The SMILES string of the molecule is O=C(O)C1=COC(O[C@@H]2O[C@H](CO)[C@@H](O)[C@H](O)[C@H]2O)C2C(CO)=C[C@H](O)C12. The van der Waals surface area contributed by atoms with Crippen LogP contribution in [0, 0.1) is 11.8 Å². The number of carboxylic acids is 1. The van der Waals surface area contributed by atoms with Crippen LogP contribution in [0.2, 0.25) is 0 Å². The lowest BCUT2D eigenvalue weighted by molar-refractivity contribution is -0.340. The Labute approximate surface area is 153 Å². The van der Waals surface area contributed by atoms with E-state index >= 15 is 0 Å². The molecule has 152 valence electrons. The van der Waals surface area contributed by atoms with Crippen LogP contribution in [0.5, 0.6) is 0 Å². The summed E-state index contributed by atoms with van der Waals surface area (Å²) in [5.41, 5.74) is 0.0785. The van der Waals surface area contributed by atoms with Gasteiger partial charge in [-0.25, -0.2) is 4.79 Å². The molecule has 0 saturated carbocycles. The smallest absolute Gasteiger partial charge is 0.335 e. The molecular weight excluding hydrogens is 368 g/mol. The van der Waals surface area contributed by atoms with Crippen LogP contribution in [-0.2, 0) is 19.0 Å². The van der Waals surface area contributed by atoms with E-state index in [9.17, 15) is 40.5 Å². The predicted octanol–water partition coefficient (Wildman–Crippen LogP) is -3.35. The maximum Gasteiger partial charge on any atom is 0.335 e. The summed E-state index contributed by atoms with van der Waals surface area (Å²) in [6.07, 6.45) is -7.83. The molecule has 3 rings (SSSR count). The van der Waals surface area contributed by atoms with E-state index in [0.29, 0.717) is 0 Å². The molecule has 3 aliphatic rings. The fourth-order valence-corrected chi connectivity index (χ4v) is 3.68. The van der Waals surface area contributed by atoms with E-state index in [2.05, 4.69) is 0 Å². The van der Waals surface area contributed by atoms with E-state index in [0.717, 1.165) is 6.26 Å². The highest BCUT2D eigenvalue weighted by Crippen LogP contribution is 2.44. The van der Waals surface area contributed by atoms with Gasteiger partial charge in [0.2, 0.25) is 6.29 Å². The number of hydrogen-bond donors (Lipinski definition) is 7. The molecule has 1 fully saturated rings. The zero-order valence-electron chi connectivity index (χ0n) is 14.0. The number of hydrogen-bond acceptors (Lipinski definition) is 10. The standard InChI is InChI=1S/C16H22O11/c17-2-5-1-7(19)10-6(14(23)24)4-25-15(9(5)10)27-16-13(22)12(21)11(20)8(3-18)26-16/h1,4,7-13,15-22H,2-3H2,(H,23,24)/t7-,8+,9?,10?,11+,12-,13+,15?,16-/m0/s1. The lowest BCUT2D eigenvalue weighted by atomic mass is 9.82. The number of carbonyl (C=O) groups is 1. The molecule has 1 saturated heterocycles. The van der Waals surface area contributed by atoms with Crippen molar-refractivity contribution in [3.05, 3.63) is 23.5 Å². The highest BCUT2D eigenvalue weighted by molar-refractivity contribution is 5.87. The van der Waals surface area contributed by atoms with Crippen LogP contribution >= 0.6 is 0 Å². The lowest BCUT2D eigenvalue weighted by Crippen LogP contribution is -2.60. The summed E-state index contributed by atoms with van der Waals surface area (Å²) in [7, 11) is 0. The second-order valence-corrected chi connectivity index (χ2v) is 6.66. The fourth-order valence-electron chi connectivity index (χ4n) is 3.68. The number of ether oxygens (including phenoxy) is 3.